The smallest absolute Gasteiger partial charge is 0.339 e. The van der Waals surface area contributed by atoms with E-state index in [2.05, 4.69) is 44.2 Å². The first-order valence-electron chi connectivity index (χ1n) is 5.54. The summed E-state index contributed by atoms with van der Waals surface area (Å²) in [4.78, 5) is 0. The van der Waals surface area contributed by atoms with Gasteiger partial charge in [0, 0.05) is 6.61 Å². The zero-order chi connectivity index (χ0) is 11.0. The maximum atomic E-state index is 5.90. The predicted octanol–water partition coefficient (Wildman–Crippen LogP) is 1.42. The second-order valence-electron chi connectivity index (χ2n) is 4.18. The van der Waals surface area contributed by atoms with Crippen LogP contribution in [0.15, 0.2) is 0 Å². The molecule has 4 heteroatoms. The van der Waals surface area contributed by atoms with E-state index in [1.165, 1.54) is 25.7 Å². The molecule has 0 rings (SSSR count). The largest absolute Gasteiger partial charge is 0.394 e. The molecule has 0 aromatic carbocycles. The molecule has 0 amide bonds. The van der Waals surface area contributed by atoms with E-state index in [1.54, 1.807) is 0 Å². The lowest BCUT2D eigenvalue weighted by Gasteiger charge is -2.27. The van der Waals surface area contributed by atoms with E-state index < -0.39 is 9.36 Å². The van der Waals surface area contributed by atoms with Crippen molar-refractivity contribution >= 4 is 9.36 Å². The van der Waals surface area contributed by atoms with E-state index in [4.69, 9.17) is 4.43 Å². The number of nitrogens with zero attached hydrogens (tertiary/aromatic N) is 2. The van der Waals surface area contributed by atoms with Gasteiger partial charge in [-0.3, -0.25) is 9.13 Å². The summed E-state index contributed by atoms with van der Waals surface area (Å²) < 4.78 is 10.3. The van der Waals surface area contributed by atoms with Crippen molar-refractivity contribution in [2.24, 2.45) is 0 Å². The van der Waals surface area contributed by atoms with Gasteiger partial charge in [-0.15, -0.1) is 0 Å². The van der Waals surface area contributed by atoms with Crippen LogP contribution in [0.3, 0.4) is 0 Å². The highest BCUT2D eigenvalue weighted by Gasteiger charge is 2.17. The molecule has 0 atom stereocenters. The van der Waals surface area contributed by atoms with Crippen molar-refractivity contribution < 1.29 is 4.43 Å². The molecule has 0 unspecified atom stereocenters. The van der Waals surface area contributed by atoms with Gasteiger partial charge in [-0.2, -0.15) is 0 Å². The van der Waals surface area contributed by atoms with Gasteiger partial charge >= 0.3 is 9.36 Å². The zero-order valence-corrected chi connectivity index (χ0v) is 11.6. The molecule has 0 fully saturated rings. The molecule has 0 bridgehead atoms. The fourth-order valence-corrected chi connectivity index (χ4v) is 3.38. The van der Waals surface area contributed by atoms with Crippen molar-refractivity contribution in [2.75, 3.05) is 34.8 Å². The van der Waals surface area contributed by atoms with Crippen LogP contribution < -0.4 is 0 Å². The maximum absolute atomic E-state index is 5.90. The molecule has 3 nitrogen and oxygen atoms in total. The summed E-state index contributed by atoms with van der Waals surface area (Å²) in [7, 11) is 7.14. The summed E-state index contributed by atoms with van der Waals surface area (Å²) in [5.41, 5.74) is 0. The Labute approximate surface area is 90.9 Å². The number of hydrogen-bond acceptors (Lipinski definition) is 3. The molecule has 0 spiro atoms. The molecule has 0 aromatic rings. The second-order valence-corrected chi connectivity index (χ2v) is 7.24. The van der Waals surface area contributed by atoms with Crippen molar-refractivity contribution in [3.63, 3.8) is 0 Å². The van der Waals surface area contributed by atoms with Crippen LogP contribution in [0, 0.1) is 0 Å². The fraction of sp³-hybridized carbons (Fsp3) is 1.00. The van der Waals surface area contributed by atoms with Crippen LogP contribution in [-0.2, 0) is 4.43 Å². The van der Waals surface area contributed by atoms with Crippen LogP contribution in [0.25, 0.3) is 0 Å². The minimum Gasteiger partial charge on any atom is -0.394 e. The third kappa shape index (κ3) is 6.54. The lowest BCUT2D eigenvalue weighted by molar-refractivity contribution is 0.237. The summed E-state index contributed by atoms with van der Waals surface area (Å²) >= 11 is 0. The molecular weight excluding hydrogens is 192 g/mol. The quantitative estimate of drug-likeness (QED) is 0.453. The molecule has 0 aliphatic rings. The van der Waals surface area contributed by atoms with E-state index >= 15 is 0 Å². The Morgan fingerprint density at radius 2 is 1.50 bits per heavy atom. The second kappa shape index (κ2) is 8.41. The van der Waals surface area contributed by atoms with Gasteiger partial charge in [-0.25, -0.2) is 0 Å². The third-order valence-corrected chi connectivity index (χ3v) is 4.45. The summed E-state index contributed by atoms with van der Waals surface area (Å²) in [5.74, 6) is 0. The summed E-state index contributed by atoms with van der Waals surface area (Å²) in [5, 5.41) is 0. The first-order valence-corrected chi connectivity index (χ1v) is 7.04. The van der Waals surface area contributed by atoms with Crippen LogP contribution in [0.1, 0.15) is 32.6 Å². The molecule has 0 N–H and O–H groups in total. The molecule has 0 heterocycles. The first-order chi connectivity index (χ1) is 6.59. The fourth-order valence-electron chi connectivity index (χ4n) is 1.48. The number of unbranched alkanes of at least 4 members (excludes halogenated alkanes) is 3. The predicted molar refractivity (Wildman–Crippen MR) is 64.6 cm³/mol. The van der Waals surface area contributed by atoms with E-state index in [0.29, 0.717) is 0 Å². The number of rotatable bonds is 8. The van der Waals surface area contributed by atoms with Gasteiger partial charge in [0.25, 0.3) is 0 Å². The summed E-state index contributed by atoms with van der Waals surface area (Å²) in [6.45, 7) is 3.16. The average Bonchev–Trinajstić information content (AvgIpc) is 2.09. The van der Waals surface area contributed by atoms with Gasteiger partial charge in [0.2, 0.25) is 0 Å². The third-order valence-electron chi connectivity index (χ3n) is 2.15. The van der Waals surface area contributed by atoms with E-state index in [-0.39, 0.29) is 0 Å². The molecule has 0 aromatic heterocycles. The Bertz CT molecular complexity index is 123. The van der Waals surface area contributed by atoms with Crippen molar-refractivity contribution in [2.45, 2.75) is 32.6 Å². The van der Waals surface area contributed by atoms with Gasteiger partial charge in [-0.05, 0) is 34.6 Å². The first kappa shape index (κ1) is 14.1. The van der Waals surface area contributed by atoms with Crippen molar-refractivity contribution in [3.8, 4) is 0 Å². The van der Waals surface area contributed by atoms with Crippen LogP contribution in [0.4, 0.5) is 0 Å². The van der Waals surface area contributed by atoms with Crippen LogP contribution in [0.2, 0.25) is 0 Å². The van der Waals surface area contributed by atoms with Gasteiger partial charge in [0.15, 0.2) is 0 Å². The monoisotopic (exact) mass is 218 g/mol. The topological polar surface area (TPSA) is 15.7 Å². The minimum absolute atomic E-state index is 0.924. The molecule has 86 valence electrons. The Kier molecular flexibility index (Phi) is 8.47. The molecule has 0 radical (unpaired) electrons. The highest BCUT2D eigenvalue weighted by molar-refractivity contribution is 6.44. The molecule has 0 aliphatic heterocycles. The van der Waals surface area contributed by atoms with Gasteiger partial charge in [0.05, 0.1) is 0 Å². The highest BCUT2D eigenvalue weighted by Crippen LogP contribution is 2.01. The molecular formula is C10H26N2OSi. The molecule has 14 heavy (non-hydrogen) atoms. The van der Waals surface area contributed by atoms with Crippen molar-refractivity contribution in [1.29, 1.82) is 0 Å². The SMILES string of the molecule is CCCCCCO[SiH](N(C)C)N(C)C. The van der Waals surface area contributed by atoms with Gasteiger partial charge in [-0.1, -0.05) is 26.2 Å². The van der Waals surface area contributed by atoms with Crippen molar-refractivity contribution in [3.05, 3.63) is 0 Å². The minimum atomic E-state index is -1.27. The highest BCUT2D eigenvalue weighted by atomic mass is 28.3. The maximum Gasteiger partial charge on any atom is 0.339 e. The average molecular weight is 218 g/mol. The Balaban J connectivity index is 3.52. The van der Waals surface area contributed by atoms with E-state index in [1.807, 2.05) is 0 Å². The molecule has 0 aliphatic carbocycles. The van der Waals surface area contributed by atoms with E-state index in [9.17, 15) is 0 Å². The summed E-state index contributed by atoms with van der Waals surface area (Å²) in [6.07, 6.45) is 5.14. The van der Waals surface area contributed by atoms with Crippen LogP contribution in [0.5, 0.6) is 0 Å². The van der Waals surface area contributed by atoms with E-state index in [0.717, 1.165) is 6.61 Å². The Morgan fingerprint density at radius 3 is 1.93 bits per heavy atom. The number of hydrogen-bond donors (Lipinski definition) is 0. The van der Waals surface area contributed by atoms with Gasteiger partial charge in [0.1, 0.15) is 0 Å². The summed E-state index contributed by atoms with van der Waals surface area (Å²) in [6, 6.07) is 0. The lowest BCUT2D eigenvalue weighted by Crippen LogP contribution is -2.48. The Morgan fingerprint density at radius 1 is 0.929 bits per heavy atom. The van der Waals surface area contributed by atoms with Crippen molar-refractivity contribution in [1.82, 2.24) is 9.13 Å². The zero-order valence-electron chi connectivity index (χ0n) is 10.4. The van der Waals surface area contributed by atoms with Crippen LogP contribution in [-0.4, -0.2) is 53.3 Å². The normalized spacial score (nSPS) is 12.0. The molecule has 0 saturated carbocycles. The molecule has 0 saturated heterocycles. The van der Waals surface area contributed by atoms with Gasteiger partial charge < -0.3 is 4.43 Å². The van der Waals surface area contributed by atoms with Crippen LogP contribution >= 0.6 is 0 Å². The standard InChI is InChI=1S/C10H26N2OSi/c1-6-7-8-9-10-13-14(11(2)3)12(4)5/h14H,6-10H2,1-5H3. The Hall–Kier alpha value is 0.0969. The lowest BCUT2D eigenvalue weighted by atomic mass is 10.2.